The van der Waals surface area contributed by atoms with Crippen LogP contribution in [0.5, 0.6) is 0 Å². The Kier molecular flexibility index (Phi) is 3.78. The summed E-state index contributed by atoms with van der Waals surface area (Å²) in [5.74, 6) is -1.67. The maximum atomic E-state index is 12.0. The lowest BCUT2D eigenvalue weighted by atomic mass is 9.83. The van der Waals surface area contributed by atoms with E-state index in [1.54, 1.807) is 0 Å². The third-order valence-corrected chi connectivity index (χ3v) is 3.40. The minimum Gasteiger partial charge on any atom is -0.457 e. The molecule has 2 aliphatic heterocycles. The number of nitrogens with zero attached hydrogens (tertiary/aromatic N) is 4. The van der Waals surface area contributed by atoms with Crippen LogP contribution in [0, 0.1) is 5.92 Å². The molecule has 0 bridgehead atoms. The number of hydrogen-bond acceptors (Lipinski definition) is 5. The first-order chi connectivity index (χ1) is 9.52. The smallest absolute Gasteiger partial charge is 0.355 e. The van der Waals surface area contributed by atoms with Gasteiger partial charge in [0.1, 0.15) is 12.3 Å². The normalized spacial score (nSPS) is 25.5. The molecule has 8 heteroatoms. The van der Waals surface area contributed by atoms with Gasteiger partial charge in [0, 0.05) is 10.6 Å². The first kappa shape index (κ1) is 14.1. The number of aliphatic hydroxyl groups excluding tert-OH is 1. The molecule has 1 saturated heterocycles. The van der Waals surface area contributed by atoms with E-state index in [2.05, 4.69) is 16.6 Å². The van der Waals surface area contributed by atoms with E-state index in [0.29, 0.717) is 0 Å². The molecule has 2 heterocycles. The van der Waals surface area contributed by atoms with Gasteiger partial charge in [-0.3, -0.25) is 4.79 Å². The van der Waals surface area contributed by atoms with E-state index in [-0.39, 0.29) is 36.4 Å². The van der Waals surface area contributed by atoms with Crippen LogP contribution in [0.3, 0.4) is 0 Å². The van der Waals surface area contributed by atoms with Gasteiger partial charge in [0.15, 0.2) is 0 Å². The molecule has 2 rings (SSSR count). The third kappa shape index (κ3) is 2.04. The van der Waals surface area contributed by atoms with Crippen molar-refractivity contribution in [3.8, 4) is 0 Å². The van der Waals surface area contributed by atoms with E-state index >= 15 is 0 Å². The van der Waals surface area contributed by atoms with Gasteiger partial charge in [-0.1, -0.05) is 17.8 Å². The highest BCUT2D eigenvalue weighted by Gasteiger charge is 2.56. The Morgan fingerprint density at radius 1 is 1.80 bits per heavy atom. The lowest BCUT2D eigenvalue weighted by Crippen LogP contribution is -2.61. The number of amides is 1. The molecule has 0 spiro atoms. The second-order valence-electron chi connectivity index (χ2n) is 4.62. The van der Waals surface area contributed by atoms with Gasteiger partial charge < -0.3 is 14.7 Å². The lowest BCUT2D eigenvalue weighted by molar-refractivity contribution is -0.162. The van der Waals surface area contributed by atoms with Crippen molar-refractivity contribution in [1.29, 1.82) is 0 Å². The topological polar surface area (TPSA) is 116 Å². The highest BCUT2D eigenvalue weighted by Crippen LogP contribution is 2.44. The molecule has 0 radical (unpaired) electrons. The number of esters is 1. The molecule has 0 unspecified atom stereocenters. The van der Waals surface area contributed by atoms with E-state index < -0.39 is 18.0 Å². The summed E-state index contributed by atoms with van der Waals surface area (Å²) in [5, 5.41) is 13.0. The van der Waals surface area contributed by atoms with Crippen LogP contribution in [-0.2, 0) is 14.3 Å². The van der Waals surface area contributed by atoms with Crippen molar-refractivity contribution in [3.05, 3.63) is 34.5 Å². The van der Waals surface area contributed by atoms with Crippen LogP contribution in [0.2, 0.25) is 0 Å². The van der Waals surface area contributed by atoms with E-state index in [1.807, 2.05) is 0 Å². The van der Waals surface area contributed by atoms with Crippen molar-refractivity contribution in [1.82, 2.24) is 4.90 Å². The minimum absolute atomic E-state index is 0.00158. The van der Waals surface area contributed by atoms with Gasteiger partial charge in [-0.05, 0) is 18.9 Å². The maximum absolute atomic E-state index is 12.0. The zero-order chi connectivity index (χ0) is 14.9. The van der Waals surface area contributed by atoms with Crippen LogP contribution in [-0.4, -0.2) is 40.6 Å². The molecule has 1 fully saturated rings. The van der Waals surface area contributed by atoms with Crippen LogP contribution in [0.25, 0.3) is 10.4 Å². The van der Waals surface area contributed by atoms with Gasteiger partial charge >= 0.3 is 5.97 Å². The first-order valence-electron chi connectivity index (χ1n) is 6.10. The molecular formula is C12H14N4O4. The Morgan fingerprint density at radius 3 is 3.05 bits per heavy atom. The minimum atomic E-state index is -0.820. The molecule has 0 saturated carbocycles. The molecule has 8 nitrogen and oxygen atoms in total. The monoisotopic (exact) mass is 278 g/mol. The zero-order valence-corrected chi connectivity index (χ0v) is 10.9. The summed E-state index contributed by atoms with van der Waals surface area (Å²) < 4.78 is 4.89. The van der Waals surface area contributed by atoms with E-state index in [1.165, 1.54) is 17.9 Å². The quantitative estimate of drug-likeness (QED) is 0.200. The average Bonchev–Trinajstić information content (AvgIpc) is 2.70. The standard InChI is InChI=1S/C12H14N4O4/c1-3-4-20-12(19)10-7(14-15-13)5-8-9(6(2)17)11(18)16(8)10/h3,6,8-9,17H,1,4-5H2,2H3/t6-,8-,9-/m1/s1. The SMILES string of the molecule is C=CCOC(=O)C1=C(N=[N+]=[N-])C[C@@H]2[C@@H]([C@@H](C)O)C(=O)N12. The lowest BCUT2D eigenvalue weighted by Gasteiger charge is -2.44. The second-order valence-corrected chi connectivity index (χ2v) is 4.62. The summed E-state index contributed by atoms with van der Waals surface area (Å²) in [5.41, 5.74) is 8.68. The molecule has 0 aliphatic carbocycles. The molecule has 20 heavy (non-hydrogen) atoms. The summed E-state index contributed by atoms with van der Waals surface area (Å²) in [6, 6.07) is -0.353. The maximum Gasteiger partial charge on any atom is 0.355 e. The Bertz CT molecular complexity index is 548. The molecule has 1 amide bonds. The van der Waals surface area contributed by atoms with Crippen LogP contribution < -0.4 is 0 Å². The molecule has 2 aliphatic rings. The summed E-state index contributed by atoms with van der Waals surface area (Å²) in [6.07, 6.45) is 0.818. The van der Waals surface area contributed by atoms with Crippen LogP contribution in [0.1, 0.15) is 13.3 Å². The van der Waals surface area contributed by atoms with Crippen molar-refractivity contribution >= 4 is 11.9 Å². The van der Waals surface area contributed by atoms with Crippen molar-refractivity contribution in [2.24, 2.45) is 11.0 Å². The molecule has 0 aromatic heterocycles. The number of azide groups is 1. The first-order valence-corrected chi connectivity index (χ1v) is 6.10. The molecular weight excluding hydrogens is 264 g/mol. The largest absolute Gasteiger partial charge is 0.457 e. The van der Waals surface area contributed by atoms with Gasteiger partial charge in [-0.25, -0.2) is 4.79 Å². The number of ether oxygens (including phenoxy) is 1. The second kappa shape index (κ2) is 5.36. The molecule has 1 N–H and O–H groups in total. The van der Waals surface area contributed by atoms with Gasteiger partial charge in [0.2, 0.25) is 5.91 Å². The van der Waals surface area contributed by atoms with Crippen molar-refractivity contribution < 1.29 is 19.4 Å². The summed E-state index contributed by atoms with van der Waals surface area (Å²) in [6.45, 7) is 4.94. The van der Waals surface area contributed by atoms with Crippen molar-refractivity contribution in [3.63, 3.8) is 0 Å². The van der Waals surface area contributed by atoms with Crippen LogP contribution in [0.15, 0.2) is 29.2 Å². The van der Waals surface area contributed by atoms with Gasteiger partial charge in [-0.2, -0.15) is 0 Å². The third-order valence-electron chi connectivity index (χ3n) is 3.40. The molecule has 0 aromatic rings. The Labute approximate surface area is 114 Å². The average molecular weight is 278 g/mol. The summed E-state index contributed by atoms with van der Waals surface area (Å²) in [7, 11) is 0. The highest BCUT2D eigenvalue weighted by molar-refractivity contribution is 6.00. The molecule has 106 valence electrons. The number of hydrogen-bond donors (Lipinski definition) is 1. The number of fused-ring (bicyclic) bond motifs is 1. The Balaban J connectivity index is 2.28. The van der Waals surface area contributed by atoms with E-state index in [0.717, 1.165) is 0 Å². The highest BCUT2D eigenvalue weighted by atomic mass is 16.5. The Hall–Kier alpha value is -2.31. The summed E-state index contributed by atoms with van der Waals surface area (Å²) >= 11 is 0. The van der Waals surface area contributed by atoms with Crippen LogP contribution in [0.4, 0.5) is 0 Å². The number of rotatable bonds is 5. The predicted octanol–water partition coefficient (Wildman–Crippen LogP) is 0.849. The number of β-lactam (4-membered cyclic amide) rings is 1. The predicted molar refractivity (Wildman–Crippen MR) is 67.7 cm³/mol. The van der Waals surface area contributed by atoms with E-state index in [4.69, 9.17) is 10.3 Å². The summed E-state index contributed by atoms with van der Waals surface area (Å²) in [4.78, 5) is 27.8. The number of carbonyl (C=O) groups is 2. The molecule has 3 atom stereocenters. The number of aliphatic hydroxyl groups is 1. The van der Waals surface area contributed by atoms with Crippen molar-refractivity contribution in [2.75, 3.05) is 6.61 Å². The molecule has 0 aromatic carbocycles. The zero-order valence-electron chi connectivity index (χ0n) is 10.9. The van der Waals surface area contributed by atoms with Crippen LogP contribution >= 0.6 is 0 Å². The van der Waals surface area contributed by atoms with Gasteiger partial charge in [-0.15, -0.1) is 0 Å². The van der Waals surface area contributed by atoms with E-state index in [9.17, 15) is 14.7 Å². The van der Waals surface area contributed by atoms with Crippen molar-refractivity contribution in [2.45, 2.75) is 25.5 Å². The van der Waals surface area contributed by atoms with Gasteiger partial charge in [0.25, 0.3) is 0 Å². The fraction of sp³-hybridized carbons (Fsp3) is 0.500. The fourth-order valence-corrected chi connectivity index (χ4v) is 2.58. The number of carbonyl (C=O) groups excluding carboxylic acids is 2. The fourth-order valence-electron chi connectivity index (χ4n) is 2.58. The Morgan fingerprint density at radius 2 is 2.50 bits per heavy atom. The van der Waals surface area contributed by atoms with Gasteiger partial charge in [0.05, 0.1) is 18.1 Å².